The number of hydrogen-bond acceptors (Lipinski definition) is 2. The van der Waals surface area contributed by atoms with Gasteiger partial charge in [-0.3, -0.25) is 0 Å². The average molecular weight is 253 g/mol. The molecule has 0 aliphatic heterocycles. The Hall–Kier alpha value is -0.610. The highest BCUT2D eigenvalue weighted by atomic mass is 32.1. The number of hydrogen-bond donors (Lipinski definition) is 1. The van der Waals surface area contributed by atoms with E-state index in [1.807, 2.05) is 0 Å². The molecule has 1 aromatic heterocycles. The molecule has 0 bridgehead atoms. The zero-order chi connectivity index (χ0) is 12.6. The Morgan fingerprint density at radius 1 is 1.47 bits per heavy atom. The third-order valence-corrected chi connectivity index (χ3v) is 4.52. The summed E-state index contributed by atoms with van der Waals surface area (Å²) in [6, 6.07) is 0. The first kappa shape index (κ1) is 12.8. The van der Waals surface area contributed by atoms with E-state index in [1.165, 1.54) is 25.0 Å². The van der Waals surface area contributed by atoms with Crippen LogP contribution < -0.4 is 0 Å². The molecule has 0 unspecified atom stereocenters. The summed E-state index contributed by atoms with van der Waals surface area (Å²) in [5.74, 6) is 0.516. The van der Waals surface area contributed by atoms with Gasteiger partial charge < -0.3 is 14.5 Å². The second-order valence-corrected chi connectivity index (χ2v) is 6.12. The van der Waals surface area contributed by atoms with E-state index in [0.29, 0.717) is 11.5 Å². The molecular weight excluding hydrogens is 230 g/mol. The van der Waals surface area contributed by atoms with Crippen molar-refractivity contribution in [2.45, 2.75) is 51.1 Å². The lowest BCUT2D eigenvalue weighted by Crippen LogP contribution is -2.53. The SMILES string of the molecule is CC(C)c1c[nH]c(=S)n1CC1(N(C)C)CCC1. The van der Waals surface area contributed by atoms with E-state index in [2.05, 4.69) is 48.6 Å². The molecule has 2 rings (SSSR count). The molecule has 17 heavy (non-hydrogen) atoms. The van der Waals surface area contributed by atoms with Crippen LogP contribution in [0.1, 0.15) is 44.7 Å². The molecule has 0 amide bonds. The van der Waals surface area contributed by atoms with Crippen molar-refractivity contribution in [3.63, 3.8) is 0 Å². The third kappa shape index (κ3) is 2.20. The molecule has 1 heterocycles. The number of nitrogens with zero attached hydrogens (tertiary/aromatic N) is 2. The van der Waals surface area contributed by atoms with Crippen LogP contribution >= 0.6 is 12.2 Å². The zero-order valence-corrected chi connectivity index (χ0v) is 12.1. The zero-order valence-electron chi connectivity index (χ0n) is 11.3. The third-order valence-electron chi connectivity index (χ3n) is 4.18. The topological polar surface area (TPSA) is 24.0 Å². The number of aromatic nitrogens is 2. The predicted molar refractivity (Wildman–Crippen MR) is 74.0 cm³/mol. The van der Waals surface area contributed by atoms with Gasteiger partial charge in [-0.1, -0.05) is 13.8 Å². The maximum absolute atomic E-state index is 5.41. The molecule has 4 heteroatoms. The van der Waals surface area contributed by atoms with Crippen molar-refractivity contribution >= 4 is 12.2 Å². The van der Waals surface area contributed by atoms with Crippen LogP contribution in [-0.4, -0.2) is 34.1 Å². The Kier molecular flexibility index (Phi) is 3.46. The van der Waals surface area contributed by atoms with Gasteiger partial charge in [0, 0.05) is 24.0 Å². The summed E-state index contributed by atoms with van der Waals surface area (Å²) in [6.07, 6.45) is 5.97. The number of imidazole rings is 1. The Morgan fingerprint density at radius 2 is 2.12 bits per heavy atom. The highest BCUT2D eigenvalue weighted by Gasteiger charge is 2.39. The van der Waals surface area contributed by atoms with Crippen molar-refractivity contribution in [1.29, 1.82) is 0 Å². The fourth-order valence-electron chi connectivity index (χ4n) is 2.68. The molecule has 0 radical (unpaired) electrons. The van der Waals surface area contributed by atoms with Gasteiger partial charge in [-0.25, -0.2) is 0 Å². The van der Waals surface area contributed by atoms with E-state index < -0.39 is 0 Å². The fraction of sp³-hybridized carbons (Fsp3) is 0.769. The summed E-state index contributed by atoms with van der Waals surface area (Å²) in [4.78, 5) is 5.56. The second-order valence-electron chi connectivity index (χ2n) is 5.73. The minimum atomic E-state index is 0.323. The normalized spacial score (nSPS) is 18.7. The van der Waals surface area contributed by atoms with E-state index in [4.69, 9.17) is 12.2 Å². The molecule has 0 aromatic carbocycles. The van der Waals surface area contributed by atoms with E-state index in [0.717, 1.165) is 11.3 Å². The van der Waals surface area contributed by atoms with Crippen LogP contribution in [-0.2, 0) is 6.54 Å². The molecule has 0 saturated heterocycles. The molecule has 96 valence electrons. The molecule has 0 spiro atoms. The van der Waals surface area contributed by atoms with E-state index in [9.17, 15) is 0 Å². The van der Waals surface area contributed by atoms with Crippen LogP contribution in [0.25, 0.3) is 0 Å². The van der Waals surface area contributed by atoms with Gasteiger partial charge in [0.25, 0.3) is 0 Å². The van der Waals surface area contributed by atoms with Gasteiger partial charge in [-0.05, 0) is 51.5 Å². The number of nitrogens with one attached hydrogen (secondary N) is 1. The molecular formula is C13H23N3S. The van der Waals surface area contributed by atoms with E-state index in [1.54, 1.807) is 0 Å². The number of aromatic amines is 1. The van der Waals surface area contributed by atoms with Gasteiger partial charge in [0.1, 0.15) is 0 Å². The number of H-pyrrole nitrogens is 1. The van der Waals surface area contributed by atoms with Crippen LogP contribution in [0.3, 0.4) is 0 Å². The molecule has 3 nitrogen and oxygen atoms in total. The van der Waals surface area contributed by atoms with Gasteiger partial charge in [0.15, 0.2) is 4.77 Å². The van der Waals surface area contributed by atoms with Crippen LogP contribution in [0.15, 0.2) is 6.20 Å². The number of likely N-dealkylation sites (N-methyl/N-ethyl adjacent to an activating group) is 1. The van der Waals surface area contributed by atoms with Gasteiger partial charge in [-0.15, -0.1) is 0 Å². The molecule has 1 fully saturated rings. The first-order chi connectivity index (χ1) is 7.96. The Morgan fingerprint density at radius 3 is 2.53 bits per heavy atom. The minimum Gasteiger partial charge on any atom is -0.337 e. The lowest BCUT2D eigenvalue weighted by molar-refractivity contribution is 0.0411. The van der Waals surface area contributed by atoms with Gasteiger partial charge >= 0.3 is 0 Å². The van der Waals surface area contributed by atoms with Crippen molar-refractivity contribution in [3.8, 4) is 0 Å². The maximum atomic E-state index is 5.41. The summed E-state index contributed by atoms with van der Waals surface area (Å²) < 4.78 is 3.15. The first-order valence-electron chi connectivity index (χ1n) is 6.42. The summed E-state index contributed by atoms with van der Waals surface area (Å²) in [5.41, 5.74) is 1.65. The van der Waals surface area contributed by atoms with E-state index in [-0.39, 0.29) is 0 Å². The fourth-order valence-corrected chi connectivity index (χ4v) is 2.91. The molecule has 1 aliphatic carbocycles. The van der Waals surface area contributed by atoms with Gasteiger partial charge in [0.2, 0.25) is 0 Å². The minimum absolute atomic E-state index is 0.323. The highest BCUT2D eigenvalue weighted by molar-refractivity contribution is 7.71. The summed E-state index contributed by atoms with van der Waals surface area (Å²) in [6.45, 7) is 5.46. The largest absolute Gasteiger partial charge is 0.337 e. The first-order valence-corrected chi connectivity index (χ1v) is 6.83. The highest BCUT2D eigenvalue weighted by Crippen LogP contribution is 2.38. The molecule has 1 N–H and O–H groups in total. The van der Waals surface area contributed by atoms with Crippen LogP contribution in [0.4, 0.5) is 0 Å². The molecule has 1 aromatic rings. The smallest absolute Gasteiger partial charge is 0.177 e. The van der Waals surface area contributed by atoms with Crippen molar-refractivity contribution < 1.29 is 0 Å². The summed E-state index contributed by atoms with van der Waals surface area (Å²) in [5, 5.41) is 0. The van der Waals surface area contributed by atoms with Crippen molar-refractivity contribution in [2.24, 2.45) is 0 Å². The van der Waals surface area contributed by atoms with Crippen molar-refractivity contribution in [1.82, 2.24) is 14.5 Å². The Bertz CT molecular complexity index is 438. The van der Waals surface area contributed by atoms with Crippen LogP contribution in [0.5, 0.6) is 0 Å². The van der Waals surface area contributed by atoms with E-state index >= 15 is 0 Å². The molecule has 1 aliphatic rings. The lowest BCUT2D eigenvalue weighted by atomic mass is 9.75. The van der Waals surface area contributed by atoms with Crippen molar-refractivity contribution in [2.75, 3.05) is 14.1 Å². The predicted octanol–water partition coefficient (Wildman–Crippen LogP) is 3.15. The maximum Gasteiger partial charge on any atom is 0.177 e. The quantitative estimate of drug-likeness (QED) is 0.833. The van der Waals surface area contributed by atoms with Crippen LogP contribution in [0.2, 0.25) is 0 Å². The molecule has 1 saturated carbocycles. The Balaban J connectivity index is 2.29. The summed E-state index contributed by atoms with van der Waals surface area (Å²) in [7, 11) is 4.37. The van der Waals surface area contributed by atoms with Gasteiger partial charge in [0.05, 0.1) is 0 Å². The standard InChI is InChI=1S/C13H23N3S/c1-10(2)11-8-14-12(17)16(11)9-13(15(3)4)6-5-7-13/h8,10H,5-7,9H2,1-4H3,(H,14,17). The average Bonchev–Trinajstić information content (AvgIpc) is 2.53. The number of rotatable bonds is 4. The van der Waals surface area contributed by atoms with Crippen molar-refractivity contribution in [3.05, 3.63) is 16.7 Å². The monoisotopic (exact) mass is 253 g/mol. The molecule has 0 atom stereocenters. The van der Waals surface area contributed by atoms with Gasteiger partial charge in [-0.2, -0.15) is 0 Å². The lowest BCUT2D eigenvalue weighted by Gasteiger charge is -2.47. The Labute approximate surface area is 109 Å². The second kappa shape index (κ2) is 4.58. The van der Waals surface area contributed by atoms with Crippen LogP contribution in [0, 0.1) is 4.77 Å². The summed E-state index contributed by atoms with van der Waals surface area (Å²) >= 11 is 5.41.